The molecule has 2 N–H and O–H groups in total. The first-order valence-corrected chi connectivity index (χ1v) is 6.54. The third-order valence-corrected chi connectivity index (χ3v) is 2.78. The molecular formula is C13H16N4O2S. The summed E-state index contributed by atoms with van der Waals surface area (Å²) in [5, 5.41) is 9.80. The average Bonchev–Trinajstić information content (AvgIpc) is 2.47. The number of hydrogen-bond donors (Lipinski definition) is 2. The number of aromatic nitrogens is 3. The Kier molecular flexibility index (Phi) is 4.89. The maximum atomic E-state index is 5.60. The first-order chi connectivity index (χ1) is 9.69. The van der Waals surface area contributed by atoms with Gasteiger partial charge in [0.2, 0.25) is 4.77 Å². The van der Waals surface area contributed by atoms with Gasteiger partial charge in [0.1, 0.15) is 18.1 Å². The van der Waals surface area contributed by atoms with E-state index in [1.807, 2.05) is 31.2 Å². The summed E-state index contributed by atoms with van der Waals surface area (Å²) in [7, 11) is 1.63. The fourth-order valence-electron chi connectivity index (χ4n) is 1.57. The molecule has 0 aliphatic rings. The van der Waals surface area contributed by atoms with Gasteiger partial charge in [-0.1, -0.05) is 0 Å². The number of nitrogens with one attached hydrogen (secondary N) is 2. The van der Waals surface area contributed by atoms with Gasteiger partial charge in [0.15, 0.2) is 5.82 Å². The molecule has 0 saturated heterocycles. The van der Waals surface area contributed by atoms with Crippen molar-refractivity contribution in [3.63, 3.8) is 0 Å². The largest absolute Gasteiger partial charge is 0.497 e. The molecule has 0 fully saturated rings. The minimum Gasteiger partial charge on any atom is -0.497 e. The molecule has 1 aromatic heterocycles. The highest BCUT2D eigenvalue weighted by atomic mass is 32.1. The van der Waals surface area contributed by atoms with Crippen LogP contribution in [-0.4, -0.2) is 35.4 Å². The summed E-state index contributed by atoms with van der Waals surface area (Å²) in [6, 6.07) is 7.44. The van der Waals surface area contributed by atoms with Crippen molar-refractivity contribution in [1.82, 2.24) is 15.2 Å². The van der Waals surface area contributed by atoms with Gasteiger partial charge in [-0.2, -0.15) is 10.1 Å². The van der Waals surface area contributed by atoms with E-state index < -0.39 is 0 Å². The Labute approximate surface area is 122 Å². The van der Waals surface area contributed by atoms with Crippen LogP contribution < -0.4 is 14.8 Å². The van der Waals surface area contributed by atoms with Gasteiger partial charge < -0.3 is 14.8 Å². The Balaban J connectivity index is 1.81. The maximum absolute atomic E-state index is 5.60. The second-order valence-corrected chi connectivity index (χ2v) is 4.41. The number of aromatic amines is 1. The van der Waals surface area contributed by atoms with Crippen LogP contribution >= 0.6 is 12.2 Å². The SMILES string of the molecule is COc1ccc(OCCNc2nc(=S)[nH]nc2C)cc1. The van der Waals surface area contributed by atoms with Crippen LogP contribution in [0.15, 0.2) is 24.3 Å². The van der Waals surface area contributed by atoms with Crippen LogP contribution in [0.5, 0.6) is 11.5 Å². The van der Waals surface area contributed by atoms with Crippen molar-refractivity contribution in [2.75, 3.05) is 25.6 Å². The minimum atomic E-state index is 0.356. The highest BCUT2D eigenvalue weighted by molar-refractivity contribution is 7.71. The standard InChI is InChI=1S/C13H16N4O2S/c1-9-12(15-13(20)17-16-9)14-7-8-19-11-5-3-10(18-2)4-6-11/h3-6H,7-8H2,1-2H3,(H2,14,15,17,20). The molecule has 6 nitrogen and oxygen atoms in total. The first kappa shape index (κ1) is 14.3. The number of anilines is 1. The predicted octanol–water partition coefficient (Wildman–Crippen LogP) is 2.34. The van der Waals surface area contributed by atoms with Crippen LogP contribution in [0.25, 0.3) is 0 Å². The predicted molar refractivity (Wildman–Crippen MR) is 78.9 cm³/mol. The molecule has 0 aliphatic carbocycles. The molecular weight excluding hydrogens is 276 g/mol. The molecule has 106 valence electrons. The smallest absolute Gasteiger partial charge is 0.215 e. The zero-order valence-corrected chi connectivity index (χ0v) is 12.2. The van der Waals surface area contributed by atoms with Crippen molar-refractivity contribution in [2.24, 2.45) is 0 Å². The lowest BCUT2D eigenvalue weighted by Crippen LogP contribution is -2.14. The molecule has 0 radical (unpaired) electrons. The van der Waals surface area contributed by atoms with Crippen LogP contribution in [0.1, 0.15) is 5.69 Å². The third kappa shape index (κ3) is 3.92. The average molecular weight is 292 g/mol. The molecule has 0 unspecified atom stereocenters. The molecule has 0 saturated carbocycles. The second-order valence-electron chi connectivity index (χ2n) is 4.03. The van der Waals surface area contributed by atoms with E-state index in [4.69, 9.17) is 21.7 Å². The molecule has 1 aromatic carbocycles. The molecule has 20 heavy (non-hydrogen) atoms. The summed E-state index contributed by atoms with van der Waals surface area (Å²) in [6.45, 7) is 2.98. The molecule has 0 amide bonds. The van der Waals surface area contributed by atoms with E-state index in [2.05, 4.69) is 20.5 Å². The summed E-state index contributed by atoms with van der Waals surface area (Å²) in [5.41, 5.74) is 0.767. The van der Waals surface area contributed by atoms with Gasteiger partial charge in [0.05, 0.1) is 19.3 Å². The van der Waals surface area contributed by atoms with Crippen molar-refractivity contribution in [3.05, 3.63) is 34.7 Å². The van der Waals surface area contributed by atoms with Crippen LogP contribution in [0.3, 0.4) is 0 Å². The molecule has 2 rings (SSSR count). The van der Waals surface area contributed by atoms with Gasteiger partial charge in [0, 0.05) is 0 Å². The van der Waals surface area contributed by atoms with Crippen molar-refractivity contribution in [3.8, 4) is 11.5 Å². The van der Waals surface area contributed by atoms with Crippen LogP contribution in [0.2, 0.25) is 0 Å². The number of nitrogens with zero attached hydrogens (tertiary/aromatic N) is 2. The normalized spacial score (nSPS) is 10.1. The third-order valence-electron chi connectivity index (χ3n) is 2.60. The Morgan fingerprint density at radius 1 is 1.25 bits per heavy atom. The highest BCUT2D eigenvalue weighted by Gasteiger charge is 2.00. The number of H-pyrrole nitrogens is 1. The van der Waals surface area contributed by atoms with E-state index in [0.717, 1.165) is 17.2 Å². The topological polar surface area (TPSA) is 72.1 Å². The number of rotatable bonds is 6. The van der Waals surface area contributed by atoms with E-state index in [1.165, 1.54) is 0 Å². The summed E-state index contributed by atoms with van der Waals surface area (Å²) in [4.78, 5) is 4.15. The Hall–Kier alpha value is -2.15. The van der Waals surface area contributed by atoms with Crippen LogP contribution in [0.4, 0.5) is 5.82 Å². The van der Waals surface area contributed by atoms with Gasteiger partial charge in [-0.3, -0.25) is 5.10 Å². The van der Waals surface area contributed by atoms with Crippen molar-refractivity contribution < 1.29 is 9.47 Å². The number of ether oxygens (including phenoxy) is 2. The van der Waals surface area contributed by atoms with E-state index >= 15 is 0 Å². The number of aryl methyl sites for hydroxylation is 1. The minimum absolute atomic E-state index is 0.356. The molecule has 1 heterocycles. The van der Waals surface area contributed by atoms with Gasteiger partial charge in [0.25, 0.3) is 0 Å². The second kappa shape index (κ2) is 6.85. The maximum Gasteiger partial charge on any atom is 0.215 e. The molecule has 0 spiro atoms. The highest BCUT2D eigenvalue weighted by Crippen LogP contribution is 2.16. The van der Waals surface area contributed by atoms with Gasteiger partial charge >= 0.3 is 0 Å². The Bertz CT molecular complexity index is 613. The summed E-state index contributed by atoms with van der Waals surface area (Å²) in [6.07, 6.45) is 0. The Morgan fingerprint density at radius 3 is 2.65 bits per heavy atom. The number of benzene rings is 1. The summed E-state index contributed by atoms with van der Waals surface area (Å²) >= 11 is 4.93. The summed E-state index contributed by atoms with van der Waals surface area (Å²) < 4.78 is 11.0. The lowest BCUT2D eigenvalue weighted by atomic mass is 10.3. The zero-order chi connectivity index (χ0) is 14.4. The van der Waals surface area contributed by atoms with Crippen molar-refractivity contribution in [2.45, 2.75) is 6.92 Å². The monoisotopic (exact) mass is 292 g/mol. The van der Waals surface area contributed by atoms with E-state index in [9.17, 15) is 0 Å². The molecule has 7 heteroatoms. The fourth-order valence-corrected chi connectivity index (χ4v) is 1.71. The number of hydrogen-bond acceptors (Lipinski definition) is 6. The summed E-state index contributed by atoms with van der Waals surface area (Å²) in [5.74, 6) is 2.27. The van der Waals surface area contributed by atoms with Crippen LogP contribution in [-0.2, 0) is 0 Å². The fraction of sp³-hybridized carbons (Fsp3) is 0.308. The van der Waals surface area contributed by atoms with Gasteiger partial charge in [-0.15, -0.1) is 0 Å². The molecule has 0 atom stereocenters. The lowest BCUT2D eigenvalue weighted by molar-refractivity contribution is 0.331. The van der Waals surface area contributed by atoms with Crippen LogP contribution in [0, 0.1) is 11.7 Å². The molecule has 0 bridgehead atoms. The van der Waals surface area contributed by atoms with Gasteiger partial charge in [-0.25, -0.2) is 0 Å². The first-order valence-electron chi connectivity index (χ1n) is 6.13. The van der Waals surface area contributed by atoms with E-state index in [1.54, 1.807) is 7.11 Å². The Morgan fingerprint density at radius 2 is 1.95 bits per heavy atom. The van der Waals surface area contributed by atoms with E-state index in [0.29, 0.717) is 23.7 Å². The number of methoxy groups -OCH3 is 1. The van der Waals surface area contributed by atoms with E-state index in [-0.39, 0.29) is 0 Å². The quantitative estimate of drug-likeness (QED) is 0.629. The molecule has 0 aliphatic heterocycles. The molecule has 2 aromatic rings. The van der Waals surface area contributed by atoms with Crippen molar-refractivity contribution in [1.29, 1.82) is 0 Å². The zero-order valence-electron chi connectivity index (χ0n) is 11.3. The lowest BCUT2D eigenvalue weighted by Gasteiger charge is -2.09. The van der Waals surface area contributed by atoms with Gasteiger partial charge in [-0.05, 0) is 43.4 Å². The van der Waals surface area contributed by atoms with Crippen molar-refractivity contribution >= 4 is 18.0 Å².